The highest BCUT2D eigenvalue weighted by Gasteiger charge is 2.03. The molecule has 0 aromatic heterocycles. The molecule has 14 heavy (non-hydrogen) atoms. The van der Waals surface area contributed by atoms with Crippen molar-refractivity contribution < 1.29 is 9.13 Å². The number of rotatable bonds is 5. The molecule has 0 fully saturated rings. The van der Waals surface area contributed by atoms with E-state index >= 15 is 0 Å². The molecule has 3 heteroatoms. The second-order valence-corrected chi connectivity index (χ2v) is 2.90. The summed E-state index contributed by atoms with van der Waals surface area (Å²) < 4.78 is 18.4. The number of hydrogen-bond donors (Lipinski definition) is 1. The molecule has 0 saturated carbocycles. The lowest BCUT2D eigenvalue weighted by Gasteiger charge is -2.06. The molecule has 0 unspecified atom stereocenters. The van der Waals surface area contributed by atoms with Crippen LogP contribution in [-0.2, 0) is 6.42 Å². The molecule has 0 heterocycles. The van der Waals surface area contributed by atoms with Crippen LogP contribution in [0.15, 0.2) is 30.9 Å². The molecule has 0 bridgehead atoms. The molecule has 1 aromatic carbocycles. The molecule has 0 aliphatic carbocycles. The molecule has 0 atom stereocenters. The predicted octanol–water partition coefficient (Wildman–Crippen LogP) is 1.89. The molecule has 2 nitrogen and oxygen atoms in total. The summed E-state index contributed by atoms with van der Waals surface area (Å²) in [4.78, 5) is 0. The molecule has 0 spiro atoms. The minimum Gasteiger partial charge on any atom is -0.486 e. The first-order valence-electron chi connectivity index (χ1n) is 4.50. The molecule has 76 valence electrons. The molecule has 1 aromatic rings. The van der Waals surface area contributed by atoms with Gasteiger partial charge in [0.1, 0.15) is 6.61 Å². The lowest BCUT2D eigenvalue weighted by atomic mass is 10.1. The maximum atomic E-state index is 13.3. The number of benzene rings is 1. The van der Waals surface area contributed by atoms with Gasteiger partial charge in [-0.2, -0.15) is 0 Å². The van der Waals surface area contributed by atoms with Gasteiger partial charge in [0.05, 0.1) is 0 Å². The third-order valence-electron chi connectivity index (χ3n) is 1.79. The van der Waals surface area contributed by atoms with Crippen LogP contribution in [0.25, 0.3) is 0 Å². The van der Waals surface area contributed by atoms with Gasteiger partial charge in [0.2, 0.25) is 0 Å². The summed E-state index contributed by atoms with van der Waals surface area (Å²) in [6.07, 6.45) is 2.26. The number of ether oxygens (including phenoxy) is 1. The fourth-order valence-electron chi connectivity index (χ4n) is 1.13. The zero-order valence-corrected chi connectivity index (χ0v) is 8.00. The van der Waals surface area contributed by atoms with Crippen LogP contribution in [-0.4, -0.2) is 13.2 Å². The second kappa shape index (κ2) is 5.40. The van der Waals surface area contributed by atoms with E-state index in [2.05, 4.69) is 6.58 Å². The highest BCUT2D eigenvalue weighted by molar-refractivity contribution is 5.29. The normalized spacial score (nSPS) is 9.86. The molecule has 2 N–H and O–H groups in total. The molecule has 0 aliphatic rings. The van der Waals surface area contributed by atoms with Crippen LogP contribution < -0.4 is 10.5 Å². The fraction of sp³-hybridized carbons (Fsp3) is 0.273. The van der Waals surface area contributed by atoms with Crippen molar-refractivity contribution in [3.8, 4) is 5.75 Å². The lowest BCUT2D eigenvalue weighted by molar-refractivity contribution is 0.341. The highest BCUT2D eigenvalue weighted by atomic mass is 19.1. The minimum absolute atomic E-state index is 0.255. The summed E-state index contributed by atoms with van der Waals surface area (Å²) in [5.74, 6) is -0.0940. The van der Waals surface area contributed by atoms with Gasteiger partial charge in [-0.1, -0.05) is 18.7 Å². The number of hydrogen-bond acceptors (Lipinski definition) is 2. The van der Waals surface area contributed by atoms with Crippen LogP contribution in [0.4, 0.5) is 4.39 Å². The van der Waals surface area contributed by atoms with E-state index in [4.69, 9.17) is 10.5 Å². The maximum Gasteiger partial charge on any atom is 0.165 e. The number of halogens is 1. The van der Waals surface area contributed by atoms with Crippen molar-refractivity contribution in [3.63, 3.8) is 0 Å². The first-order valence-corrected chi connectivity index (χ1v) is 4.50. The van der Waals surface area contributed by atoms with E-state index < -0.39 is 0 Å². The largest absolute Gasteiger partial charge is 0.486 e. The molecular weight excluding hydrogens is 181 g/mol. The Labute approximate surface area is 83.2 Å². The monoisotopic (exact) mass is 195 g/mol. The third kappa shape index (κ3) is 2.85. The van der Waals surface area contributed by atoms with Crippen LogP contribution in [0.5, 0.6) is 5.75 Å². The summed E-state index contributed by atoms with van der Waals surface area (Å²) in [5.41, 5.74) is 6.25. The van der Waals surface area contributed by atoms with Gasteiger partial charge in [-0.15, -0.1) is 0 Å². The number of nitrogens with two attached hydrogens (primary N) is 1. The van der Waals surface area contributed by atoms with E-state index in [-0.39, 0.29) is 11.6 Å². The Morgan fingerprint density at radius 1 is 1.50 bits per heavy atom. The summed E-state index contributed by atoms with van der Waals surface area (Å²) in [7, 11) is 0. The first kappa shape index (κ1) is 10.7. The standard InChI is InChI=1S/C11H14FNO/c1-2-7-14-11-4-3-9(5-6-13)8-10(11)12/h2-4,8H,1,5-7,13H2. The Bertz CT molecular complexity index is 312. The summed E-state index contributed by atoms with van der Waals surface area (Å²) in [6, 6.07) is 4.88. The van der Waals surface area contributed by atoms with E-state index in [0.29, 0.717) is 19.6 Å². The summed E-state index contributed by atoms with van der Waals surface area (Å²) >= 11 is 0. The zero-order valence-electron chi connectivity index (χ0n) is 8.00. The Balaban J connectivity index is 2.73. The average molecular weight is 195 g/mol. The molecule has 0 saturated heterocycles. The van der Waals surface area contributed by atoms with Crippen molar-refractivity contribution in [2.45, 2.75) is 6.42 Å². The van der Waals surface area contributed by atoms with Gasteiger partial charge >= 0.3 is 0 Å². The molecule has 0 amide bonds. The van der Waals surface area contributed by atoms with Crippen LogP contribution in [0.3, 0.4) is 0 Å². The Hall–Kier alpha value is -1.35. The van der Waals surface area contributed by atoms with E-state index in [0.717, 1.165) is 5.56 Å². The van der Waals surface area contributed by atoms with Crippen molar-refractivity contribution in [2.24, 2.45) is 5.73 Å². The topological polar surface area (TPSA) is 35.2 Å². The predicted molar refractivity (Wildman–Crippen MR) is 54.9 cm³/mol. The van der Waals surface area contributed by atoms with Crippen molar-refractivity contribution in [1.82, 2.24) is 0 Å². The zero-order chi connectivity index (χ0) is 10.4. The van der Waals surface area contributed by atoms with Crippen molar-refractivity contribution >= 4 is 0 Å². The Kier molecular flexibility index (Phi) is 4.13. The van der Waals surface area contributed by atoms with Gasteiger partial charge in [0, 0.05) is 0 Å². The van der Waals surface area contributed by atoms with Crippen LogP contribution in [0, 0.1) is 5.82 Å². The quantitative estimate of drug-likeness (QED) is 0.728. The van der Waals surface area contributed by atoms with Gasteiger partial charge < -0.3 is 10.5 Å². The lowest BCUT2D eigenvalue weighted by Crippen LogP contribution is -2.03. The molecule has 0 radical (unpaired) electrons. The Morgan fingerprint density at radius 3 is 2.86 bits per heavy atom. The van der Waals surface area contributed by atoms with Gasteiger partial charge in [0.25, 0.3) is 0 Å². The Morgan fingerprint density at radius 2 is 2.29 bits per heavy atom. The second-order valence-electron chi connectivity index (χ2n) is 2.90. The third-order valence-corrected chi connectivity index (χ3v) is 1.79. The van der Waals surface area contributed by atoms with Crippen LogP contribution >= 0.6 is 0 Å². The molecular formula is C11H14FNO. The minimum atomic E-state index is -0.349. The van der Waals surface area contributed by atoms with Crippen molar-refractivity contribution in [1.29, 1.82) is 0 Å². The summed E-state index contributed by atoms with van der Waals surface area (Å²) in [6.45, 7) is 4.32. The van der Waals surface area contributed by atoms with E-state index in [1.165, 1.54) is 6.07 Å². The maximum absolute atomic E-state index is 13.3. The van der Waals surface area contributed by atoms with Crippen molar-refractivity contribution in [2.75, 3.05) is 13.2 Å². The van der Waals surface area contributed by atoms with E-state index in [1.807, 2.05) is 6.07 Å². The molecule has 0 aliphatic heterocycles. The summed E-state index contributed by atoms with van der Waals surface area (Å²) in [5, 5.41) is 0. The smallest absolute Gasteiger partial charge is 0.165 e. The fourth-order valence-corrected chi connectivity index (χ4v) is 1.13. The van der Waals surface area contributed by atoms with Gasteiger partial charge in [-0.05, 0) is 30.7 Å². The van der Waals surface area contributed by atoms with E-state index in [9.17, 15) is 4.39 Å². The van der Waals surface area contributed by atoms with Gasteiger partial charge in [0.15, 0.2) is 11.6 Å². The van der Waals surface area contributed by atoms with Crippen LogP contribution in [0.2, 0.25) is 0 Å². The van der Waals surface area contributed by atoms with Crippen LogP contribution in [0.1, 0.15) is 5.56 Å². The first-order chi connectivity index (χ1) is 6.77. The average Bonchev–Trinajstić information content (AvgIpc) is 2.17. The van der Waals surface area contributed by atoms with Gasteiger partial charge in [-0.25, -0.2) is 4.39 Å². The highest BCUT2D eigenvalue weighted by Crippen LogP contribution is 2.18. The van der Waals surface area contributed by atoms with E-state index in [1.54, 1.807) is 12.1 Å². The van der Waals surface area contributed by atoms with Gasteiger partial charge in [-0.3, -0.25) is 0 Å². The SMILES string of the molecule is C=CCOc1ccc(CCN)cc1F. The molecule has 1 rings (SSSR count). The van der Waals surface area contributed by atoms with Crippen molar-refractivity contribution in [3.05, 3.63) is 42.2 Å².